The van der Waals surface area contributed by atoms with Crippen LogP contribution >= 0.6 is 0 Å². The highest BCUT2D eigenvalue weighted by molar-refractivity contribution is 6.09. The van der Waals surface area contributed by atoms with Crippen molar-refractivity contribution in [1.82, 2.24) is 14.9 Å². The van der Waals surface area contributed by atoms with Crippen LogP contribution in [0.25, 0.3) is 6.08 Å². The van der Waals surface area contributed by atoms with Crippen molar-refractivity contribution in [2.75, 3.05) is 29.9 Å². The summed E-state index contributed by atoms with van der Waals surface area (Å²) in [6, 6.07) is 7.47. The minimum absolute atomic E-state index is 0.0292. The van der Waals surface area contributed by atoms with E-state index in [2.05, 4.69) is 34.0 Å². The molecule has 2 amide bonds. The van der Waals surface area contributed by atoms with E-state index in [1.165, 1.54) is 6.20 Å². The minimum atomic E-state index is -0.483. The van der Waals surface area contributed by atoms with E-state index in [0.29, 0.717) is 30.5 Å². The Morgan fingerprint density at radius 1 is 1.39 bits per heavy atom. The first-order valence-corrected chi connectivity index (χ1v) is 10.4. The molecule has 3 rings (SSSR count). The Balaban J connectivity index is 1.73. The van der Waals surface area contributed by atoms with Crippen molar-refractivity contribution in [2.24, 2.45) is 5.92 Å². The Morgan fingerprint density at radius 3 is 2.77 bits per heavy atom. The molecule has 0 spiro atoms. The average molecular weight is 421 g/mol. The van der Waals surface area contributed by atoms with E-state index in [1.54, 1.807) is 18.2 Å². The number of hydrogen-bond donors (Lipinski definition) is 2. The summed E-state index contributed by atoms with van der Waals surface area (Å²) < 4.78 is 2.20. The zero-order valence-electron chi connectivity index (χ0n) is 18.4. The SMILES string of the molecule is Cc1cc(/C=C(/C#N)C(=O)Nc2ccc(N3CCNC(=O)C3)nc2)c(C)n1CC(C)C. The molecule has 1 fully saturated rings. The lowest BCUT2D eigenvalue weighted by molar-refractivity contribution is -0.120. The average Bonchev–Trinajstić information content (AvgIpc) is 2.99. The van der Waals surface area contributed by atoms with E-state index in [4.69, 9.17) is 0 Å². The fraction of sp³-hybridized carbons (Fsp3) is 0.391. The van der Waals surface area contributed by atoms with Crippen LogP contribution in [0.1, 0.15) is 30.8 Å². The van der Waals surface area contributed by atoms with Gasteiger partial charge in [0.05, 0.1) is 18.4 Å². The van der Waals surface area contributed by atoms with Crippen LogP contribution in [0.4, 0.5) is 11.5 Å². The molecule has 2 aromatic heterocycles. The van der Waals surface area contributed by atoms with E-state index in [0.717, 1.165) is 23.5 Å². The molecule has 0 bridgehead atoms. The molecule has 162 valence electrons. The second-order valence-electron chi connectivity index (χ2n) is 8.13. The summed E-state index contributed by atoms with van der Waals surface area (Å²) in [4.78, 5) is 30.4. The summed E-state index contributed by atoms with van der Waals surface area (Å²) in [5, 5.41) is 15.0. The molecular weight excluding hydrogens is 392 g/mol. The van der Waals surface area contributed by atoms with E-state index >= 15 is 0 Å². The highest BCUT2D eigenvalue weighted by Gasteiger charge is 2.18. The number of pyridine rings is 1. The van der Waals surface area contributed by atoms with Gasteiger partial charge in [-0.1, -0.05) is 13.8 Å². The first-order chi connectivity index (χ1) is 14.8. The molecule has 1 aliphatic heterocycles. The van der Waals surface area contributed by atoms with Crippen molar-refractivity contribution in [1.29, 1.82) is 5.26 Å². The van der Waals surface area contributed by atoms with Gasteiger partial charge in [0.2, 0.25) is 5.91 Å². The number of aromatic nitrogens is 2. The van der Waals surface area contributed by atoms with Crippen LogP contribution < -0.4 is 15.5 Å². The van der Waals surface area contributed by atoms with Gasteiger partial charge in [-0.05, 0) is 49.6 Å². The first kappa shape index (κ1) is 22.1. The Kier molecular flexibility index (Phi) is 6.75. The summed E-state index contributed by atoms with van der Waals surface area (Å²) in [5.41, 5.74) is 3.51. The lowest BCUT2D eigenvalue weighted by Crippen LogP contribution is -2.48. The third-order valence-electron chi connectivity index (χ3n) is 5.19. The molecule has 3 heterocycles. The molecular formula is C23H28N6O2. The topological polar surface area (TPSA) is 103 Å². The standard InChI is InChI=1S/C23H28N6O2/c1-15(2)13-29-16(3)9-18(17(29)4)10-19(11-24)23(31)27-20-5-6-21(26-12-20)28-8-7-25-22(30)14-28/h5-6,9-10,12,15H,7-8,13-14H2,1-4H3,(H,25,30)(H,27,31)/b19-10-. The maximum atomic E-state index is 12.7. The van der Waals surface area contributed by atoms with Gasteiger partial charge < -0.3 is 20.1 Å². The van der Waals surface area contributed by atoms with Crippen LogP contribution in [0, 0.1) is 31.1 Å². The molecule has 0 aromatic carbocycles. The number of nitriles is 1. The van der Waals surface area contributed by atoms with E-state index in [1.807, 2.05) is 30.9 Å². The highest BCUT2D eigenvalue weighted by Crippen LogP contribution is 2.21. The fourth-order valence-electron chi connectivity index (χ4n) is 3.60. The van der Waals surface area contributed by atoms with Crippen molar-refractivity contribution in [2.45, 2.75) is 34.2 Å². The largest absolute Gasteiger partial charge is 0.353 e. The monoisotopic (exact) mass is 420 g/mol. The van der Waals surface area contributed by atoms with Crippen LogP contribution in [-0.4, -0.2) is 41.0 Å². The molecule has 0 radical (unpaired) electrons. The number of carbonyl (C=O) groups excluding carboxylic acids is 2. The molecule has 0 aliphatic carbocycles. The fourth-order valence-corrected chi connectivity index (χ4v) is 3.60. The van der Waals surface area contributed by atoms with Crippen LogP contribution in [-0.2, 0) is 16.1 Å². The van der Waals surface area contributed by atoms with E-state index in [-0.39, 0.29) is 18.0 Å². The summed E-state index contributed by atoms with van der Waals surface area (Å²) >= 11 is 0. The van der Waals surface area contributed by atoms with Gasteiger partial charge in [-0.15, -0.1) is 0 Å². The van der Waals surface area contributed by atoms with E-state index < -0.39 is 5.91 Å². The molecule has 1 aliphatic rings. The number of piperazine rings is 1. The number of nitrogens with one attached hydrogen (secondary N) is 2. The second-order valence-corrected chi connectivity index (χ2v) is 8.13. The maximum absolute atomic E-state index is 12.7. The normalized spacial score (nSPS) is 14.4. The van der Waals surface area contributed by atoms with Crippen LogP contribution in [0.15, 0.2) is 30.0 Å². The van der Waals surface area contributed by atoms with Gasteiger partial charge in [0.1, 0.15) is 17.5 Å². The van der Waals surface area contributed by atoms with Crippen molar-refractivity contribution in [3.05, 3.63) is 46.9 Å². The van der Waals surface area contributed by atoms with E-state index in [9.17, 15) is 14.9 Å². The van der Waals surface area contributed by atoms with Gasteiger partial charge in [-0.25, -0.2) is 4.98 Å². The molecule has 0 unspecified atom stereocenters. The zero-order chi connectivity index (χ0) is 22.5. The smallest absolute Gasteiger partial charge is 0.266 e. The predicted octanol–water partition coefficient (Wildman–Crippen LogP) is 2.64. The molecule has 31 heavy (non-hydrogen) atoms. The second kappa shape index (κ2) is 9.47. The third-order valence-corrected chi connectivity index (χ3v) is 5.19. The molecule has 2 aromatic rings. The summed E-state index contributed by atoms with van der Waals surface area (Å²) in [6.07, 6.45) is 3.16. The lowest BCUT2D eigenvalue weighted by atomic mass is 10.1. The Morgan fingerprint density at radius 2 is 2.16 bits per heavy atom. The zero-order valence-corrected chi connectivity index (χ0v) is 18.4. The molecule has 8 heteroatoms. The molecule has 8 nitrogen and oxygen atoms in total. The number of carbonyl (C=O) groups is 2. The summed E-state index contributed by atoms with van der Waals surface area (Å²) in [7, 11) is 0. The number of hydrogen-bond acceptors (Lipinski definition) is 5. The Hall–Kier alpha value is -3.60. The lowest BCUT2D eigenvalue weighted by Gasteiger charge is -2.27. The quantitative estimate of drug-likeness (QED) is 0.552. The van der Waals surface area contributed by atoms with Crippen LogP contribution in [0.5, 0.6) is 0 Å². The van der Waals surface area contributed by atoms with Crippen molar-refractivity contribution >= 4 is 29.4 Å². The van der Waals surface area contributed by atoms with Gasteiger partial charge in [-0.2, -0.15) is 5.26 Å². The van der Waals surface area contributed by atoms with Gasteiger partial charge in [0, 0.05) is 31.0 Å². The number of amides is 2. The summed E-state index contributed by atoms with van der Waals surface area (Å²) in [5.74, 6) is 0.640. The van der Waals surface area contributed by atoms with Crippen LogP contribution in [0.2, 0.25) is 0 Å². The Labute approximate surface area is 182 Å². The predicted molar refractivity (Wildman–Crippen MR) is 120 cm³/mol. The van der Waals surface area contributed by atoms with Gasteiger partial charge >= 0.3 is 0 Å². The molecule has 0 atom stereocenters. The number of aryl methyl sites for hydroxylation is 1. The summed E-state index contributed by atoms with van der Waals surface area (Å²) in [6.45, 7) is 10.7. The molecule has 1 saturated heterocycles. The van der Waals surface area contributed by atoms with Gasteiger partial charge in [0.25, 0.3) is 5.91 Å². The van der Waals surface area contributed by atoms with Gasteiger partial charge in [-0.3, -0.25) is 9.59 Å². The van der Waals surface area contributed by atoms with Crippen LogP contribution in [0.3, 0.4) is 0 Å². The molecule has 0 saturated carbocycles. The highest BCUT2D eigenvalue weighted by atomic mass is 16.2. The Bertz CT molecular complexity index is 1040. The third kappa shape index (κ3) is 5.31. The minimum Gasteiger partial charge on any atom is -0.353 e. The molecule has 2 N–H and O–H groups in total. The maximum Gasteiger partial charge on any atom is 0.266 e. The number of nitrogens with zero attached hydrogens (tertiary/aromatic N) is 4. The first-order valence-electron chi connectivity index (χ1n) is 10.4. The van der Waals surface area contributed by atoms with Crippen molar-refractivity contribution in [3.63, 3.8) is 0 Å². The van der Waals surface area contributed by atoms with Crippen molar-refractivity contribution in [3.8, 4) is 6.07 Å². The number of rotatable bonds is 6. The van der Waals surface area contributed by atoms with Crippen molar-refractivity contribution < 1.29 is 9.59 Å². The van der Waals surface area contributed by atoms with Gasteiger partial charge in [0.15, 0.2) is 0 Å². The number of anilines is 2.